The number of carbonyl (C=O) groups excluding carboxylic acids is 2. The fraction of sp³-hybridized carbons (Fsp3) is 0.333. The lowest BCUT2D eigenvalue weighted by Crippen LogP contribution is -2.40. The molecule has 0 aliphatic carbocycles. The van der Waals surface area contributed by atoms with Gasteiger partial charge in [-0.25, -0.2) is 0 Å². The molecule has 2 amide bonds. The molecule has 0 spiro atoms. The van der Waals surface area contributed by atoms with Gasteiger partial charge in [-0.3, -0.25) is 19.7 Å². The Balaban J connectivity index is 2.11. The minimum absolute atomic E-state index is 0.154. The van der Waals surface area contributed by atoms with Gasteiger partial charge in [-0.15, -0.1) is 0 Å². The molecule has 0 saturated carbocycles. The molecule has 1 unspecified atom stereocenters. The van der Waals surface area contributed by atoms with Crippen molar-refractivity contribution in [1.29, 1.82) is 0 Å². The van der Waals surface area contributed by atoms with Crippen LogP contribution >= 0.6 is 0 Å². The Kier molecular flexibility index (Phi) is 2.48. The highest BCUT2D eigenvalue weighted by atomic mass is 16.6. The summed E-state index contributed by atoms with van der Waals surface area (Å²) in [7, 11) is 0. The van der Waals surface area contributed by atoms with Gasteiger partial charge in [0.2, 0.25) is 5.91 Å². The zero-order valence-electron chi connectivity index (χ0n) is 9.96. The van der Waals surface area contributed by atoms with Crippen LogP contribution in [0.15, 0.2) is 18.2 Å². The van der Waals surface area contributed by atoms with Crippen molar-refractivity contribution >= 4 is 23.2 Å². The lowest BCUT2D eigenvalue weighted by atomic mass is 10.1. The van der Waals surface area contributed by atoms with Gasteiger partial charge in [-0.05, 0) is 18.9 Å². The van der Waals surface area contributed by atoms with E-state index in [1.54, 1.807) is 0 Å². The molecule has 2 aliphatic heterocycles. The second-order valence-corrected chi connectivity index (χ2v) is 4.63. The van der Waals surface area contributed by atoms with Gasteiger partial charge in [0, 0.05) is 18.7 Å². The molecule has 1 fully saturated rings. The Bertz CT molecular complexity index is 599. The number of benzene rings is 1. The Morgan fingerprint density at radius 1 is 1.37 bits per heavy atom. The van der Waals surface area contributed by atoms with Crippen LogP contribution in [0.25, 0.3) is 0 Å². The first-order valence-corrected chi connectivity index (χ1v) is 5.98. The average molecular weight is 261 g/mol. The number of carbonyl (C=O) groups is 2. The molecule has 2 aliphatic rings. The van der Waals surface area contributed by atoms with Gasteiger partial charge in [0.25, 0.3) is 11.6 Å². The van der Waals surface area contributed by atoms with Crippen LogP contribution in [0.4, 0.5) is 11.4 Å². The molecule has 0 radical (unpaired) electrons. The smallest absolute Gasteiger partial charge is 0.270 e. The predicted octanol–water partition coefficient (Wildman–Crippen LogP) is 1.15. The third-order valence-corrected chi connectivity index (χ3v) is 3.52. The normalized spacial score (nSPS) is 21.5. The number of amides is 2. The monoisotopic (exact) mass is 261 g/mol. The van der Waals surface area contributed by atoms with Crippen LogP contribution in [0.3, 0.4) is 0 Å². The molecule has 19 heavy (non-hydrogen) atoms. The lowest BCUT2D eigenvalue weighted by Gasteiger charge is -2.19. The summed E-state index contributed by atoms with van der Waals surface area (Å²) >= 11 is 0. The Labute approximate surface area is 108 Å². The Morgan fingerprint density at radius 2 is 2.16 bits per heavy atom. The minimum Gasteiger partial charge on any atom is -0.327 e. The first-order chi connectivity index (χ1) is 9.08. The zero-order valence-corrected chi connectivity index (χ0v) is 9.96. The maximum atomic E-state index is 12.3. The van der Waals surface area contributed by atoms with Gasteiger partial charge in [0.15, 0.2) is 0 Å². The maximum Gasteiger partial charge on any atom is 0.270 e. The van der Waals surface area contributed by atoms with Gasteiger partial charge in [0.1, 0.15) is 6.04 Å². The number of fused-ring (bicyclic) bond motifs is 2. The van der Waals surface area contributed by atoms with Crippen LogP contribution in [0.5, 0.6) is 0 Å². The van der Waals surface area contributed by atoms with Gasteiger partial charge in [0.05, 0.1) is 16.2 Å². The quantitative estimate of drug-likeness (QED) is 0.606. The molecule has 0 bridgehead atoms. The first-order valence-electron chi connectivity index (χ1n) is 5.98. The molecule has 2 heterocycles. The first kappa shape index (κ1) is 11.6. The topological polar surface area (TPSA) is 92.5 Å². The van der Waals surface area contributed by atoms with Crippen molar-refractivity contribution in [3.8, 4) is 0 Å². The second-order valence-electron chi connectivity index (χ2n) is 4.63. The molecule has 1 saturated heterocycles. The van der Waals surface area contributed by atoms with Crippen LogP contribution < -0.4 is 5.32 Å². The summed E-state index contributed by atoms with van der Waals surface area (Å²) in [6, 6.07) is 3.45. The third-order valence-electron chi connectivity index (χ3n) is 3.52. The van der Waals surface area contributed by atoms with Crippen molar-refractivity contribution in [2.45, 2.75) is 18.9 Å². The molecule has 98 valence electrons. The molecule has 0 aromatic heterocycles. The summed E-state index contributed by atoms with van der Waals surface area (Å²) in [5.74, 6) is -0.544. The Morgan fingerprint density at radius 3 is 2.89 bits per heavy atom. The third kappa shape index (κ3) is 1.74. The zero-order chi connectivity index (χ0) is 13.6. The number of hydrogen-bond acceptors (Lipinski definition) is 4. The van der Waals surface area contributed by atoms with Crippen molar-refractivity contribution < 1.29 is 14.5 Å². The summed E-state index contributed by atoms with van der Waals surface area (Å²) in [4.78, 5) is 36.0. The van der Waals surface area contributed by atoms with E-state index in [1.807, 2.05) is 0 Å². The molecule has 1 aromatic rings. The van der Waals surface area contributed by atoms with Crippen molar-refractivity contribution in [2.75, 3.05) is 11.9 Å². The van der Waals surface area contributed by atoms with E-state index in [4.69, 9.17) is 0 Å². The van der Waals surface area contributed by atoms with E-state index >= 15 is 0 Å². The molecule has 7 heteroatoms. The summed E-state index contributed by atoms with van der Waals surface area (Å²) in [6.07, 6.45) is 1.40. The fourth-order valence-corrected chi connectivity index (χ4v) is 2.58. The number of nitro groups is 1. The molecule has 1 aromatic carbocycles. The molecule has 7 nitrogen and oxygen atoms in total. The van der Waals surface area contributed by atoms with Crippen LogP contribution in [-0.2, 0) is 4.79 Å². The average Bonchev–Trinajstić information content (AvgIpc) is 2.84. The van der Waals surface area contributed by atoms with E-state index in [1.165, 1.54) is 23.1 Å². The largest absolute Gasteiger partial charge is 0.327 e. The van der Waals surface area contributed by atoms with Crippen molar-refractivity contribution in [2.24, 2.45) is 0 Å². The number of hydrogen-bond donors (Lipinski definition) is 1. The fourth-order valence-electron chi connectivity index (χ4n) is 2.58. The van der Waals surface area contributed by atoms with Crippen molar-refractivity contribution in [3.05, 3.63) is 33.9 Å². The summed E-state index contributed by atoms with van der Waals surface area (Å²) in [5, 5.41) is 13.4. The van der Waals surface area contributed by atoms with E-state index in [-0.39, 0.29) is 23.1 Å². The highest BCUT2D eigenvalue weighted by Crippen LogP contribution is 2.30. The summed E-state index contributed by atoms with van der Waals surface area (Å²) < 4.78 is 0. The standard InChI is InChI=1S/C12H11N3O4/c16-11-10-2-1-5-14(10)12(17)8-6-7(15(18)19)3-4-9(8)13-11/h3-4,6,10H,1-2,5H2,(H,13,16). The second kappa shape index (κ2) is 4.04. The maximum absolute atomic E-state index is 12.3. The van der Waals surface area contributed by atoms with E-state index in [9.17, 15) is 19.7 Å². The number of nitro benzene ring substituents is 1. The van der Waals surface area contributed by atoms with Gasteiger partial charge >= 0.3 is 0 Å². The summed E-state index contributed by atoms with van der Waals surface area (Å²) in [5.41, 5.74) is 0.376. The number of rotatable bonds is 1. The summed E-state index contributed by atoms with van der Waals surface area (Å²) in [6.45, 7) is 0.513. The number of nitrogens with one attached hydrogen (secondary N) is 1. The van der Waals surface area contributed by atoms with Gasteiger partial charge < -0.3 is 10.2 Å². The SMILES string of the molecule is O=C1Nc2ccc([N+](=O)[O-])cc2C(=O)N2CCCC12. The van der Waals surface area contributed by atoms with Gasteiger partial charge in [-0.1, -0.05) is 0 Å². The number of anilines is 1. The van der Waals surface area contributed by atoms with E-state index in [0.717, 1.165) is 6.42 Å². The molecular formula is C12H11N3O4. The molecule has 3 rings (SSSR count). The Hall–Kier alpha value is -2.44. The highest BCUT2D eigenvalue weighted by molar-refractivity contribution is 6.10. The molecule has 1 atom stereocenters. The number of nitrogens with zero attached hydrogens (tertiary/aromatic N) is 2. The minimum atomic E-state index is -0.554. The van der Waals surface area contributed by atoms with Crippen LogP contribution in [0, 0.1) is 10.1 Å². The predicted molar refractivity (Wildman–Crippen MR) is 65.8 cm³/mol. The molecular weight excluding hydrogens is 250 g/mol. The van der Waals surface area contributed by atoms with Crippen molar-refractivity contribution in [1.82, 2.24) is 4.90 Å². The van der Waals surface area contributed by atoms with Gasteiger partial charge in [-0.2, -0.15) is 0 Å². The van der Waals surface area contributed by atoms with Crippen LogP contribution in [0.2, 0.25) is 0 Å². The van der Waals surface area contributed by atoms with E-state index < -0.39 is 11.0 Å². The van der Waals surface area contributed by atoms with Crippen LogP contribution in [-0.4, -0.2) is 34.2 Å². The molecule has 1 N–H and O–H groups in total. The highest BCUT2D eigenvalue weighted by Gasteiger charge is 2.38. The van der Waals surface area contributed by atoms with Crippen LogP contribution in [0.1, 0.15) is 23.2 Å². The number of non-ortho nitro benzene ring substituents is 1. The van der Waals surface area contributed by atoms with E-state index in [0.29, 0.717) is 18.7 Å². The van der Waals surface area contributed by atoms with Crippen molar-refractivity contribution in [3.63, 3.8) is 0 Å². The lowest BCUT2D eigenvalue weighted by molar-refractivity contribution is -0.384. The van der Waals surface area contributed by atoms with E-state index in [2.05, 4.69) is 5.32 Å².